The van der Waals surface area contributed by atoms with Crippen LogP contribution in [-0.4, -0.2) is 30.1 Å². The Kier molecular flexibility index (Phi) is 8.78. The number of halogens is 1. The number of nitrogens with zero attached hydrogens (tertiary/aromatic N) is 2. The van der Waals surface area contributed by atoms with Gasteiger partial charge in [0.2, 0.25) is 5.88 Å². The molecule has 1 aromatic heterocycles. The Hall–Kier alpha value is -1.05. The van der Waals surface area contributed by atoms with E-state index in [-0.39, 0.29) is 24.0 Å². The van der Waals surface area contributed by atoms with Gasteiger partial charge in [0.1, 0.15) is 6.10 Å². The zero-order valence-electron chi connectivity index (χ0n) is 15.2. The van der Waals surface area contributed by atoms with E-state index in [0.717, 1.165) is 31.2 Å². The molecular formula is C19H31IN4O. The lowest BCUT2D eigenvalue weighted by Gasteiger charge is -2.25. The van der Waals surface area contributed by atoms with Gasteiger partial charge in [-0.1, -0.05) is 19.3 Å². The highest BCUT2D eigenvalue weighted by Gasteiger charge is 2.17. The number of pyridine rings is 1. The largest absolute Gasteiger partial charge is 0.474 e. The van der Waals surface area contributed by atoms with Gasteiger partial charge in [-0.2, -0.15) is 0 Å². The van der Waals surface area contributed by atoms with E-state index in [4.69, 9.17) is 4.74 Å². The quantitative estimate of drug-likeness (QED) is 0.398. The summed E-state index contributed by atoms with van der Waals surface area (Å²) in [6.45, 7) is 0.732. The zero-order chi connectivity index (χ0) is 16.6. The molecule has 2 aliphatic rings. The minimum atomic E-state index is 0. The molecule has 3 rings (SSSR count). The maximum absolute atomic E-state index is 5.99. The number of hydrogen-bond donors (Lipinski definition) is 2. The first-order valence-corrected chi connectivity index (χ1v) is 9.42. The lowest BCUT2D eigenvalue weighted by Crippen LogP contribution is -2.43. The van der Waals surface area contributed by atoms with E-state index in [1.54, 1.807) is 0 Å². The number of aromatic nitrogens is 1. The molecule has 0 unspecified atom stereocenters. The van der Waals surface area contributed by atoms with E-state index < -0.39 is 0 Å². The first-order valence-electron chi connectivity index (χ1n) is 9.42. The van der Waals surface area contributed by atoms with Gasteiger partial charge < -0.3 is 15.4 Å². The van der Waals surface area contributed by atoms with Crippen molar-refractivity contribution in [2.24, 2.45) is 4.99 Å². The third-order valence-electron chi connectivity index (χ3n) is 5.02. The third-order valence-corrected chi connectivity index (χ3v) is 5.02. The van der Waals surface area contributed by atoms with Gasteiger partial charge in [-0.25, -0.2) is 4.98 Å². The fourth-order valence-corrected chi connectivity index (χ4v) is 3.62. The molecule has 0 spiro atoms. The Morgan fingerprint density at radius 1 is 1.16 bits per heavy atom. The molecular weight excluding hydrogens is 427 g/mol. The summed E-state index contributed by atoms with van der Waals surface area (Å²) in [5, 5.41) is 6.95. The molecule has 2 aliphatic carbocycles. The second kappa shape index (κ2) is 10.8. The molecule has 6 heteroatoms. The molecule has 0 radical (unpaired) electrons. The third kappa shape index (κ3) is 6.64. The monoisotopic (exact) mass is 458 g/mol. The molecule has 0 bridgehead atoms. The summed E-state index contributed by atoms with van der Waals surface area (Å²) in [6, 6.07) is 4.63. The predicted octanol–water partition coefficient (Wildman–Crippen LogP) is 4.02. The molecule has 0 amide bonds. The van der Waals surface area contributed by atoms with Crippen LogP contribution in [0, 0.1) is 0 Å². The van der Waals surface area contributed by atoms with E-state index in [1.165, 1.54) is 50.5 Å². The van der Waals surface area contributed by atoms with Crippen LogP contribution in [0.2, 0.25) is 0 Å². The number of guanidine groups is 1. The summed E-state index contributed by atoms with van der Waals surface area (Å²) in [5.74, 6) is 1.63. The lowest BCUT2D eigenvalue weighted by molar-refractivity contribution is 0.201. The van der Waals surface area contributed by atoms with Crippen LogP contribution >= 0.6 is 24.0 Å². The highest BCUT2D eigenvalue weighted by Crippen LogP contribution is 2.23. The fraction of sp³-hybridized carbons (Fsp3) is 0.684. The molecule has 0 saturated heterocycles. The number of nitrogens with one attached hydrogen (secondary N) is 2. The molecule has 140 valence electrons. The van der Waals surface area contributed by atoms with Gasteiger partial charge in [0, 0.05) is 31.9 Å². The topological polar surface area (TPSA) is 58.5 Å². The standard InChI is InChI=1S/C19H30N4O.HI/c1-20-19(23-16-7-3-2-4-8-16)22-14-15-11-12-21-18(13-15)24-17-9-5-6-10-17;/h11-13,16-17H,2-10,14H2,1H3,(H2,20,22,23);1H. The molecule has 25 heavy (non-hydrogen) atoms. The molecule has 2 N–H and O–H groups in total. The van der Waals surface area contributed by atoms with Crippen LogP contribution in [-0.2, 0) is 6.54 Å². The maximum atomic E-state index is 5.99. The molecule has 5 nitrogen and oxygen atoms in total. The van der Waals surface area contributed by atoms with E-state index in [9.17, 15) is 0 Å². The van der Waals surface area contributed by atoms with Crippen molar-refractivity contribution in [2.75, 3.05) is 7.05 Å². The second-order valence-electron chi connectivity index (χ2n) is 6.93. The molecule has 2 saturated carbocycles. The average molecular weight is 458 g/mol. The lowest BCUT2D eigenvalue weighted by atomic mass is 9.96. The van der Waals surface area contributed by atoms with E-state index in [2.05, 4.69) is 20.6 Å². The average Bonchev–Trinajstić information content (AvgIpc) is 3.13. The number of hydrogen-bond acceptors (Lipinski definition) is 3. The van der Waals surface area contributed by atoms with Gasteiger partial charge >= 0.3 is 0 Å². The Balaban J connectivity index is 0.00000225. The van der Waals surface area contributed by atoms with Crippen molar-refractivity contribution in [1.29, 1.82) is 0 Å². The van der Waals surface area contributed by atoms with Crippen molar-refractivity contribution in [3.8, 4) is 5.88 Å². The van der Waals surface area contributed by atoms with Gasteiger partial charge in [-0.15, -0.1) is 24.0 Å². The van der Waals surface area contributed by atoms with Crippen molar-refractivity contribution in [3.63, 3.8) is 0 Å². The van der Waals surface area contributed by atoms with Crippen molar-refractivity contribution < 1.29 is 4.74 Å². The highest BCUT2D eigenvalue weighted by molar-refractivity contribution is 14.0. The van der Waals surface area contributed by atoms with E-state index in [1.807, 2.05) is 25.4 Å². The number of rotatable bonds is 5. The summed E-state index contributed by atoms with van der Waals surface area (Å²) in [6.07, 6.45) is 13.5. The van der Waals surface area contributed by atoms with E-state index >= 15 is 0 Å². The van der Waals surface area contributed by atoms with Crippen molar-refractivity contribution in [2.45, 2.75) is 76.5 Å². The van der Waals surface area contributed by atoms with Gasteiger partial charge in [0.15, 0.2) is 5.96 Å². The van der Waals surface area contributed by atoms with Gasteiger partial charge in [0.05, 0.1) is 0 Å². The van der Waals surface area contributed by atoms with Crippen LogP contribution in [0.25, 0.3) is 0 Å². The van der Waals surface area contributed by atoms with Crippen molar-refractivity contribution in [1.82, 2.24) is 15.6 Å². The summed E-state index contributed by atoms with van der Waals surface area (Å²) < 4.78 is 5.99. The first-order chi connectivity index (χ1) is 11.8. The summed E-state index contributed by atoms with van der Waals surface area (Å²) >= 11 is 0. The van der Waals surface area contributed by atoms with Crippen LogP contribution in [0.4, 0.5) is 0 Å². The van der Waals surface area contributed by atoms with Gasteiger partial charge in [-0.05, 0) is 50.2 Å². The smallest absolute Gasteiger partial charge is 0.213 e. The second-order valence-corrected chi connectivity index (χ2v) is 6.93. The fourth-order valence-electron chi connectivity index (χ4n) is 3.62. The molecule has 2 fully saturated rings. The van der Waals surface area contributed by atoms with Gasteiger partial charge in [-0.3, -0.25) is 4.99 Å². The van der Waals surface area contributed by atoms with Crippen LogP contribution in [0.15, 0.2) is 23.3 Å². The predicted molar refractivity (Wildman–Crippen MR) is 113 cm³/mol. The summed E-state index contributed by atoms with van der Waals surface area (Å²) in [7, 11) is 1.83. The number of ether oxygens (including phenoxy) is 1. The molecule has 1 heterocycles. The van der Waals surface area contributed by atoms with Gasteiger partial charge in [0.25, 0.3) is 0 Å². The Morgan fingerprint density at radius 2 is 1.88 bits per heavy atom. The Morgan fingerprint density at radius 3 is 2.60 bits per heavy atom. The summed E-state index contributed by atoms with van der Waals surface area (Å²) in [4.78, 5) is 8.70. The molecule has 0 aromatic carbocycles. The SMILES string of the molecule is CN=C(NCc1ccnc(OC2CCCC2)c1)NC1CCCCC1.I. The van der Waals surface area contributed by atoms with Crippen LogP contribution < -0.4 is 15.4 Å². The van der Waals surface area contributed by atoms with Crippen LogP contribution in [0.3, 0.4) is 0 Å². The minimum Gasteiger partial charge on any atom is -0.474 e. The first kappa shape index (κ1) is 20.3. The van der Waals surface area contributed by atoms with Crippen LogP contribution in [0.1, 0.15) is 63.4 Å². The molecule has 0 atom stereocenters. The minimum absolute atomic E-state index is 0. The normalized spacial score (nSPS) is 19.3. The Bertz CT molecular complexity index is 540. The number of aliphatic imine (C=N–C) groups is 1. The van der Waals surface area contributed by atoms with Crippen LogP contribution in [0.5, 0.6) is 5.88 Å². The zero-order valence-corrected chi connectivity index (χ0v) is 17.5. The molecule has 1 aromatic rings. The van der Waals surface area contributed by atoms with Crippen molar-refractivity contribution in [3.05, 3.63) is 23.9 Å². The Labute approximate surface area is 168 Å². The highest BCUT2D eigenvalue weighted by atomic mass is 127. The maximum Gasteiger partial charge on any atom is 0.213 e. The summed E-state index contributed by atoms with van der Waals surface area (Å²) in [5.41, 5.74) is 1.17. The van der Waals surface area contributed by atoms with E-state index in [0.29, 0.717) is 12.1 Å². The van der Waals surface area contributed by atoms with Crippen molar-refractivity contribution >= 4 is 29.9 Å². The molecule has 0 aliphatic heterocycles.